The molecule has 6 nitrogen and oxygen atoms in total. The summed E-state index contributed by atoms with van der Waals surface area (Å²) >= 11 is 0. The molecule has 1 aromatic heterocycles. The van der Waals surface area contributed by atoms with Crippen LogP contribution in [0.5, 0.6) is 5.75 Å². The van der Waals surface area contributed by atoms with Gasteiger partial charge in [0.05, 0.1) is 6.04 Å². The van der Waals surface area contributed by atoms with E-state index in [0.29, 0.717) is 12.6 Å². The Balaban J connectivity index is 1.83. The Kier molecular flexibility index (Phi) is 3.76. The lowest BCUT2D eigenvalue weighted by Crippen LogP contribution is -2.25. The molecule has 0 aliphatic carbocycles. The number of tetrazole rings is 1. The van der Waals surface area contributed by atoms with Crippen molar-refractivity contribution in [3.05, 3.63) is 29.8 Å². The normalized spacial score (nSPS) is 12.2. The number of ether oxygens (including phenoxy) is 1. The topological polar surface area (TPSA) is 64.9 Å². The average molecular weight is 247 g/mol. The summed E-state index contributed by atoms with van der Waals surface area (Å²) in [7, 11) is 1.79. The van der Waals surface area contributed by atoms with Crippen LogP contribution >= 0.6 is 0 Å². The van der Waals surface area contributed by atoms with Crippen molar-refractivity contribution < 1.29 is 4.74 Å². The van der Waals surface area contributed by atoms with Crippen LogP contribution in [0.1, 0.15) is 12.5 Å². The summed E-state index contributed by atoms with van der Waals surface area (Å²) in [5, 5.41) is 14.3. The minimum atomic E-state index is 0.121. The molecule has 2 rings (SSSR count). The minimum Gasteiger partial charge on any atom is -0.491 e. The number of nitrogens with one attached hydrogen (secondary N) is 1. The van der Waals surface area contributed by atoms with Gasteiger partial charge in [0, 0.05) is 7.05 Å². The molecule has 0 aliphatic rings. The zero-order valence-electron chi connectivity index (χ0n) is 10.8. The van der Waals surface area contributed by atoms with Crippen LogP contribution in [0.3, 0.4) is 0 Å². The van der Waals surface area contributed by atoms with Crippen LogP contribution in [-0.4, -0.2) is 32.9 Å². The Morgan fingerprint density at radius 1 is 1.33 bits per heavy atom. The van der Waals surface area contributed by atoms with E-state index in [1.54, 1.807) is 11.7 Å². The summed E-state index contributed by atoms with van der Waals surface area (Å²) in [6.07, 6.45) is 0. The molecule has 1 aromatic carbocycles. The number of hydrogen-bond donors (Lipinski definition) is 1. The zero-order valence-corrected chi connectivity index (χ0v) is 10.8. The van der Waals surface area contributed by atoms with Crippen LogP contribution in [0.25, 0.3) is 0 Å². The van der Waals surface area contributed by atoms with Gasteiger partial charge in [-0.15, -0.1) is 0 Å². The molecule has 96 valence electrons. The fraction of sp³-hybridized carbons (Fsp3) is 0.417. The molecule has 0 saturated heterocycles. The Morgan fingerprint density at radius 3 is 2.67 bits per heavy atom. The van der Waals surface area contributed by atoms with Gasteiger partial charge in [0.1, 0.15) is 12.4 Å². The molecule has 0 spiro atoms. The summed E-state index contributed by atoms with van der Waals surface area (Å²) in [4.78, 5) is 0. The van der Waals surface area contributed by atoms with Gasteiger partial charge in [0.25, 0.3) is 0 Å². The summed E-state index contributed by atoms with van der Waals surface area (Å²) in [5.41, 5.74) is 1.22. The maximum absolute atomic E-state index is 5.67. The number of rotatable bonds is 5. The molecule has 0 saturated carbocycles. The molecule has 0 bridgehead atoms. The van der Waals surface area contributed by atoms with Crippen molar-refractivity contribution in [2.45, 2.75) is 19.9 Å². The van der Waals surface area contributed by atoms with E-state index in [-0.39, 0.29) is 6.04 Å². The lowest BCUT2D eigenvalue weighted by Gasteiger charge is -2.14. The third-order valence-corrected chi connectivity index (χ3v) is 2.52. The van der Waals surface area contributed by atoms with Crippen molar-refractivity contribution >= 4 is 5.95 Å². The van der Waals surface area contributed by atoms with Crippen molar-refractivity contribution in [2.75, 3.05) is 11.9 Å². The van der Waals surface area contributed by atoms with E-state index in [9.17, 15) is 0 Å². The second-order valence-corrected chi connectivity index (χ2v) is 4.30. The standard InChI is InChI=1S/C12H17N5O/c1-9-4-6-11(7-5-9)18-8-10(2)13-12-14-15-16-17(12)3/h4-7,10H,8H2,1-3H3,(H,13,14,16). The number of aryl methyl sites for hydroxylation is 2. The number of anilines is 1. The number of hydrogen-bond acceptors (Lipinski definition) is 5. The fourth-order valence-corrected chi connectivity index (χ4v) is 1.47. The van der Waals surface area contributed by atoms with Crippen LogP contribution in [-0.2, 0) is 7.05 Å². The summed E-state index contributed by atoms with van der Waals surface area (Å²) in [5.74, 6) is 1.50. The number of nitrogens with zero attached hydrogens (tertiary/aromatic N) is 4. The lowest BCUT2D eigenvalue weighted by atomic mass is 10.2. The van der Waals surface area contributed by atoms with Gasteiger partial charge in [-0.2, -0.15) is 0 Å². The van der Waals surface area contributed by atoms with Gasteiger partial charge in [-0.25, -0.2) is 4.68 Å². The maximum Gasteiger partial charge on any atom is 0.242 e. The van der Waals surface area contributed by atoms with E-state index >= 15 is 0 Å². The van der Waals surface area contributed by atoms with Crippen molar-refractivity contribution in [3.63, 3.8) is 0 Å². The van der Waals surface area contributed by atoms with Crippen molar-refractivity contribution in [1.82, 2.24) is 20.2 Å². The first-order chi connectivity index (χ1) is 8.65. The highest BCUT2D eigenvalue weighted by atomic mass is 16.5. The zero-order chi connectivity index (χ0) is 13.0. The van der Waals surface area contributed by atoms with Gasteiger partial charge in [-0.1, -0.05) is 22.8 Å². The first kappa shape index (κ1) is 12.3. The number of aromatic nitrogens is 4. The molecule has 0 amide bonds. The third kappa shape index (κ3) is 3.19. The van der Waals surface area contributed by atoms with Crippen LogP contribution in [0, 0.1) is 6.92 Å². The fourth-order valence-electron chi connectivity index (χ4n) is 1.47. The summed E-state index contributed by atoms with van der Waals surface area (Å²) < 4.78 is 7.26. The molecular weight excluding hydrogens is 230 g/mol. The molecule has 1 atom stereocenters. The molecule has 1 heterocycles. The van der Waals surface area contributed by atoms with E-state index in [1.807, 2.05) is 31.2 Å². The molecule has 0 fully saturated rings. The second-order valence-electron chi connectivity index (χ2n) is 4.30. The largest absolute Gasteiger partial charge is 0.491 e. The SMILES string of the molecule is Cc1ccc(OCC(C)Nc2nnnn2C)cc1. The third-order valence-electron chi connectivity index (χ3n) is 2.52. The molecule has 6 heteroatoms. The molecule has 1 unspecified atom stereocenters. The maximum atomic E-state index is 5.67. The highest BCUT2D eigenvalue weighted by Crippen LogP contribution is 2.12. The van der Waals surface area contributed by atoms with Gasteiger partial charge in [0.2, 0.25) is 5.95 Å². The van der Waals surface area contributed by atoms with Gasteiger partial charge in [0.15, 0.2) is 0 Å². The van der Waals surface area contributed by atoms with Gasteiger partial charge >= 0.3 is 0 Å². The van der Waals surface area contributed by atoms with E-state index in [2.05, 4.69) is 27.8 Å². The summed E-state index contributed by atoms with van der Waals surface area (Å²) in [6, 6.07) is 8.11. The molecule has 18 heavy (non-hydrogen) atoms. The highest BCUT2D eigenvalue weighted by Gasteiger charge is 2.07. The van der Waals surface area contributed by atoms with Gasteiger partial charge in [-0.05, 0) is 36.4 Å². The van der Waals surface area contributed by atoms with Crippen molar-refractivity contribution in [3.8, 4) is 5.75 Å². The van der Waals surface area contributed by atoms with E-state index < -0.39 is 0 Å². The number of benzene rings is 1. The Hall–Kier alpha value is -2.11. The van der Waals surface area contributed by atoms with Crippen LogP contribution in [0.15, 0.2) is 24.3 Å². The first-order valence-corrected chi connectivity index (χ1v) is 5.83. The Morgan fingerprint density at radius 2 is 2.06 bits per heavy atom. The van der Waals surface area contributed by atoms with Crippen molar-refractivity contribution in [1.29, 1.82) is 0 Å². The lowest BCUT2D eigenvalue weighted by molar-refractivity contribution is 0.303. The Labute approximate surface area is 106 Å². The van der Waals surface area contributed by atoms with E-state index in [4.69, 9.17) is 4.74 Å². The predicted molar refractivity (Wildman–Crippen MR) is 68.6 cm³/mol. The molecule has 2 aromatic rings. The molecule has 0 radical (unpaired) electrons. The highest BCUT2D eigenvalue weighted by molar-refractivity contribution is 5.27. The predicted octanol–water partition coefficient (Wildman–Crippen LogP) is 1.40. The second kappa shape index (κ2) is 5.48. The van der Waals surface area contributed by atoms with Crippen LogP contribution < -0.4 is 10.1 Å². The monoisotopic (exact) mass is 247 g/mol. The molecule has 1 N–H and O–H groups in total. The van der Waals surface area contributed by atoms with E-state index in [1.165, 1.54) is 5.56 Å². The molecular formula is C12H17N5O. The quantitative estimate of drug-likeness (QED) is 0.865. The van der Waals surface area contributed by atoms with Gasteiger partial charge in [-0.3, -0.25) is 0 Å². The van der Waals surface area contributed by atoms with Gasteiger partial charge < -0.3 is 10.1 Å². The minimum absolute atomic E-state index is 0.121. The van der Waals surface area contributed by atoms with Crippen LogP contribution in [0.2, 0.25) is 0 Å². The Bertz CT molecular complexity index is 493. The first-order valence-electron chi connectivity index (χ1n) is 5.83. The smallest absolute Gasteiger partial charge is 0.242 e. The summed E-state index contributed by atoms with van der Waals surface area (Å²) in [6.45, 7) is 4.62. The van der Waals surface area contributed by atoms with Crippen molar-refractivity contribution in [2.24, 2.45) is 7.05 Å². The van der Waals surface area contributed by atoms with Crippen LogP contribution in [0.4, 0.5) is 5.95 Å². The average Bonchev–Trinajstić information content (AvgIpc) is 2.74. The molecule has 0 aliphatic heterocycles. The van der Waals surface area contributed by atoms with E-state index in [0.717, 1.165) is 5.75 Å².